The molecular formula is C20H20O2. The van der Waals surface area contributed by atoms with E-state index < -0.39 is 0 Å². The van der Waals surface area contributed by atoms with Crippen molar-refractivity contribution in [2.75, 3.05) is 6.61 Å². The second-order valence-electron chi connectivity index (χ2n) is 6.03. The van der Waals surface area contributed by atoms with Crippen LogP contribution in [0.5, 0.6) is 0 Å². The monoisotopic (exact) mass is 292 g/mol. The molecule has 22 heavy (non-hydrogen) atoms. The number of ether oxygens (including phenoxy) is 1. The summed E-state index contributed by atoms with van der Waals surface area (Å²) in [6, 6.07) is 16.7. The van der Waals surface area contributed by atoms with Gasteiger partial charge >= 0.3 is 5.97 Å². The van der Waals surface area contributed by atoms with E-state index >= 15 is 0 Å². The van der Waals surface area contributed by atoms with Crippen molar-refractivity contribution in [3.8, 4) is 11.1 Å². The molecule has 1 aliphatic carbocycles. The lowest BCUT2D eigenvalue weighted by molar-refractivity contribution is -0.137. The Hall–Kier alpha value is -2.35. The normalized spacial score (nSPS) is 16.8. The Morgan fingerprint density at radius 3 is 2.27 bits per heavy atom. The van der Waals surface area contributed by atoms with Gasteiger partial charge in [-0.3, -0.25) is 0 Å². The molecule has 0 unspecified atom stereocenters. The first-order chi connectivity index (χ1) is 10.6. The lowest BCUT2D eigenvalue weighted by atomic mass is 9.66. The van der Waals surface area contributed by atoms with Gasteiger partial charge in [-0.05, 0) is 34.8 Å². The lowest BCUT2D eigenvalue weighted by Gasteiger charge is -2.36. The summed E-state index contributed by atoms with van der Waals surface area (Å²) < 4.78 is 5.13. The molecule has 0 saturated carbocycles. The number of benzene rings is 2. The van der Waals surface area contributed by atoms with E-state index in [4.69, 9.17) is 4.74 Å². The number of carbonyl (C=O) groups is 1. The number of allylic oxidation sites excluding steroid dienone is 1. The third-order valence-corrected chi connectivity index (χ3v) is 4.33. The van der Waals surface area contributed by atoms with Crippen LogP contribution >= 0.6 is 0 Å². The van der Waals surface area contributed by atoms with Crippen molar-refractivity contribution in [1.29, 1.82) is 0 Å². The van der Waals surface area contributed by atoms with Crippen LogP contribution in [0, 0.1) is 0 Å². The zero-order chi connectivity index (χ0) is 15.7. The van der Waals surface area contributed by atoms with Crippen molar-refractivity contribution in [2.45, 2.75) is 26.2 Å². The summed E-state index contributed by atoms with van der Waals surface area (Å²) in [5, 5.41) is 0. The average Bonchev–Trinajstić information content (AvgIpc) is 2.52. The fraction of sp³-hybridized carbons (Fsp3) is 0.250. The lowest BCUT2D eigenvalue weighted by Crippen LogP contribution is -2.25. The van der Waals surface area contributed by atoms with Crippen LogP contribution in [0.1, 0.15) is 31.9 Å². The summed E-state index contributed by atoms with van der Waals surface area (Å²) in [5.74, 6) is -0.278. The summed E-state index contributed by atoms with van der Waals surface area (Å²) in [5.41, 5.74) is 5.54. The van der Waals surface area contributed by atoms with Crippen molar-refractivity contribution in [2.24, 2.45) is 0 Å². The van der Waals surface area contributed by atoms with Gasteiger partial charge in [0.15, 0.2) is 0 Å². The fourth-order valence-corrected chi connectivity index (χ4v) is 3.26. The highest BCUT2D eigenvalue weighted by Crippen LogP contribution is 2.49. The molecule has 2 heteroatoms. The van der Waals surface area contributed by atoms with Gasteiger partial charge in [-0.2, -0.15) is 0 Å². The molecule has 112 valence electrons. The van der Waals surface area contributed by atoms with E-state index in [1.165, 1.54) is 16.7 Å². The van der Waals surface area contributed by atoms with Gasteiger partial charge < -0.3 is 4.74 Å². The molecule has 1 aliphatic rings. The second-order valence-corrected chi connectivity index (χ2v) is 6.03. The fourth-order valence-electron chi connectivity index (χ4n) is 3.26. The molecule has 0 saturated heterocycles. The van der Waals surface area contributed by atoms with Crippen molar-refractivity contribution in [3.63, 3.8) is 0 Å². The largest absolute Gasteiger partial charge is 0.463 e. The number of hydrogen-bond acceptors (Lipinski definition) is 2. The van der Waals surface area contributed by atoms with Crippen LogP contribution in [0.3, 0.4) is 0 Å². The molecule has 0 N–H and O–H groups in total. The zero-order valence-electron chi connectivity index (χ0n) is 13.2. The van der Waals surface area contributed by atoms with Crippen LogP contribution in [0.25, 0.3) is 16.7 Å². The van der Waals surface area contributed by atoms with Crippen LogP contribution in [-0.2, 0) is 14.9 Å². The molecule has 0 atom stereocenters. The number of esters is 1. The van der Waals surface area contributed by atoms with Gasteiger partial charge in [0, 0.05) is 11.5 Å². The summed E-state index contributed by atoms with van der Waals surface area (Å²) in [6.07, 6.45) is 1.65. The number of rotatable bonds is 2. The molecule has 2 nitrogen and oxygen atoms in total. The summed E-state index contributed by atoms with van der Waals surface area (Å²) in [6.45, 7) is 6.53. The predicted octanol–water partition coefficient (Wildman–Crippen LogP) is 4.59. The van der Waals surface area contributed by atoms with E-state index in [0.717, 1.165) is 11.1 Å². The summed E-state index contributed by atoms with van der Waals surface area (Å²) in [7, 11) is 0. The van der Waals surface area contributed by atoms with E-state index in [-0.39, 0.29) is 11.4 Å². The first kappa shape index (κ1) is 14.6. The smallest absolute Gasteiger partial charge is 0.331 e. The van der Waals surface area contributed by atoms with E-state index in [1.807, 2.05) is 19.1 Å². The molecule has 0 bridgehead atoms. The Morgan fingerprint density at radius 2 is 1.59 bits per heavy atom. The summed E-state index contributed by atoms with van der Waals surface area (Å²) in [4.78, 5) is 12.0. The van der Waals surface area contributed by atoms with Gasteiger partial charge in [-0.15, -0.1) is 0 Å². The van der Waals surface area contributed by atoms with Crippen molar-refractivity contribution in [1.82, 2.24) is 0 Å². The molecule has 0 aliphatic heterocycles. The molecular weight excluding hydrogens is 272 g/mol. The van der Waals surface area contributed by atoms with E-state index in [2.05, 4.69) is 50.2 Å². The maximum absolute atomic E-state index is 12.0. The van der Waals surface area contributed by atoms with Crippen LogP contribution in [-0.4, -0.2) is 12.6 Å². The van der Waals surface area contributed by atoms with Gasteiger partial charge in [0.1, 0.15) is 0 Å². The zero-order valence-corrected chi connectivity index (χ0v) is 13.2. The maximum atomic E-state index is 12.0. The Labute approximate surface area is 131 Å². The maximum Gasteiger partial charge on any atom is 0.331 e. The van der Waals surface area contributed by atoms with Gasteiger partial charge in [-0.1, -0.05) is 62.4 Å². The van der Waals surface area contributed by atoms with Crippen LogP contribution in [0.4, 0.5) is 0 Å². The SMILES string of the molecule is CCOC(=O)/C=C1/c2ccccc2-c2ccccc2C1(C)C. The van der Waals surface area contributed by atoms with Gasteiger partial charge in [0.25, 0.3) is 0 Å². The molecule has 0 fully saturated rings. The Kier molecular flexibility index (Phi) is 3.61. The van der Waals surface area contributed by atoms with Crippen molar-refractivity contribution in [3.05, 3.63) is 65.7 Å². The highest BCUT2D eigenvalue weighted by molar-refractivity contribution is 6.00. The highest BCUT2D eigenvalue weighted by Gasteiger charge is 2.35. The van der Waals surface area contributed by atoms with Gasteiger partial charge in [0.05, 0.1) is 6.61 Å². The highest BCUT2D eigenvalue weighted by atomic mass is 16.5. The van der Waals surface area contributed by atoms with Crippen molar-refractivity contribution >= 4 is 11.5 Å². The van der Waals surface area contributed by atoms with E-state index in [0.29, 0.717) is 6.61 Å². The predicted molar refractivity (Wildman–Crippen MR) is 89.5 cm³/mol. The molecule has 0 spiro atoms. The second kappa shape index (κ2) is 5.45. The molecule has 0 aromatic heterocycles. The molecule has 0 heterocycles. The first-order valence-corrected chi connectivity index (χ1v) is 7.64. The van der Waals surface area contributed by atoms with Gasteiger partial charge in [0.2, 0.25) is 0 Å². The van der Waals surface area contributed by atoms with Crippen LogP contribution < -0.4 is 0 Å². The standard InChI is InChI=1S/C20H20O2/c1-4-22-19(21)13-18-16-11-6-5-9-14(16)15-10-7-8-12-17(15)20(18,2)3/h5-13H,4H2,1-3H3/b18-13-. The Morgan fingerprint density at radius 1 is 1.00 bits per heavy atom. The average molecular weight is 292 g/mol. The molecule has 0 amide bonds. The third-order valence-electron chi connectivity index (χ3n) is 4.33. The Balaban J connectivity index is 2.26. The number of carbonyl (C=O) groups excluding carboxylic acids is 1. The first-order valence-electron chi connectivity index (χ1n) is 7.64. The molecule has 2 aromatic rings. The van der Waals surface area contributed by atoms with Gasteiger partial charge in [-0.25, -0.2) is 4.79 Å². The quantitative estimate of drug-likeness (QED) is 0.597. The minimum Gasteiger partial charge on any atom is -0.463 e. The Bertz CT molecular complexity index is 754. The minimum absolute atomic E-state index is 0.238. The minimum atomic E-state index is -0.278. The number of hydrogen-bond donors (Lipinski definition) is 0. The summed E-state index contributed by atoms with van der Waals surface area (Å²) >= 11 is 0. The number of fused-ring (bicyclic) bond motifs is 3. The van der Waals surface area contributed by atoms with E-state index in [1.54, 1.807) is 6.08 Å². The van der Waals surface area contributed by atoms with Crippen molar-refractivity contribution < 1.29 is 9.53 Å². The van der Waals surface area contributed by atoms with Crippen LogP contribution in [0.15, 0.2) is 54.6 Å². The van der Waals surface area contributed by atoms with E-state index in [9.17, 15) is 4.79 Å². The van der Waals surface area contributed by atoms with Crippen LogP contribution in [0.2, 0.25) is 0 Å². The molecule has 2 aromatic carbocycles. The molecule has 0 radical (unpaired) electrons. The molecule has 3 rings (SSSR count). The topological polar surface area (TPSA) is 26.3 Å². The third kappa shape index (κ3) is 2.25.